The van der Waals surface area contributed by atoms with E-state index in [1.807, 2.05) is 0 Å². The molecule has 0 aliphatic heterocycles. The molecule has 0 aliphatic rings. The topological polar surface area (TPSA) is 60.4 Å². The Morgan fingerprint density at radius 3 is 2.40 bits per heavy atom. The first-order valence-electron chi connectivity index (χ1n) is 5.31. The molecule has 0 rings (SSSR count). The van der Waals surface area contributed by atoms with E-state index in [-0.39, 0.29) is 11.8 Å². The molecule has 0 saturated carbocycles. The summed E-state index contributed by atoms with van der Waals surface area (Å²) in [7, 11) is 0. The minimum Gasteiger partial charge on any atom is -0.466 e. The van der Waals surface area contributed by atoms with Gasteiger partial charge in [0.05, 0.1) is 6.61 Å². The number of esters is 1. The van der Waals surface area contributed by atoms with Crippen LogP contribution in [0.3, 0.4) is 0 Å². The lowest BCUT2D eigenvalue weighted by atomic mass is 10.1. The van der Waals surface area contributed by atoms with Gasteiger partial charge >= 0.3 is 5.97 Å². The summed E-state index contributed by atoms with van der Waals surface area (Å²) >= 11 is 0. The van der Waals surface area contributed by atoms with Crippen molar-refractivity contribution in [3.05, 3.63) is 0 Å². The van der Waals surface area contributed by atoms with Crippen LogP contribution in [-0.4, -0.2) is 24.6 Å². The van der Waals surface area contributed by atoms with Gasteiger partial charge in [0, 0.05) is 25.7 Å². The van der Waals surface area contributed by atoms with Gasteiger partial charge in [-0.25, -0.2) is 0 Å². The summed E-state index contributed by atoms with van der Waals surface area (Å²) in [6.07, 6.45) is 3.53. The Morgan fingerprint density at radius 2 is 1.80 bits per heavy atom. The normalized spacial score (nSPS) is 9.67. The summed E-state index contributed by atoms with van der Waals surface area (Å²) in [4.78, 5) is 32.1. The van der Waals surface area contributed by atoms with E-state index in [9.17, 15) is 14.4 Å². The predicted octanol–water partition coefficient (Wildman–Crippen LogP) is 1.66. The Kier molecular flexibility index (Phi) is 8.63. The highest BCUT2D eigenvalue weighted by molar-refractivity contribution is 5.79. The van der Waals surface area contributed by atoms with Crippen LogP contribution in [0, 0.1) is 0 Å². The maximum Gasteiger partial charge on any atom is 0.305 e. The molecule has 0 unspecified atom stereocenters. The van der Waals surface area contributed by atoms with Crippen molar-refractivity contribution in [2.75, 3.05) is 6.61 Å². The van der Waals surface area contributed by atoms with Crippen molar-refractivity contribution in [2.24, 2.45) is 0 Å². The molecule has 0 radical (unpaired) electrons. The van der Waals surface area contributed by atoms with E-state index in [1.165, 1.54) is 0 Å². The Morgan fingerprint density at radius 1 is 1.13 bits per heavy atom. The van der Waals surface area contributed by atoms with Crippen molar-refractivity contribution in [2.45, 2.75) is 45.4 Å². The van der Waals surface area contributed by atoms with Gasteiger partial charge in [-0.05, 0) is 19.8 Å². The summed E-state index contributed by atoms with van der Waals surface area (Å²) in [6, 6.07) is 0. The Balaban J connectivity index is 3.38. The molecule has 86 valence electrons. The third-order valence-corrected chi connectivity index (χ3v) is 1.92. The first-order valence-corrected chi connectivity index (χ1v) is 5.31. The number of carbonyl (C=O) groups excluding carboxylic acids is 3. The predicted molar refractivity (Wildman–Crippen MR) is 55.4 cm³/mol. The van der Waals surface area contributed by atoms with Crippen molar-refractivity contribution in [1.29, 1.82) is 0 Å². The molecule has 0 saturated heterocycles. The van der Waals surface area contributed by atoms with Gasteiger partial charge in [0.15, 0.2) is 0 Å². The van der Waals surface area contributed by atoms with Gasteiger partial charge in [0.2, 0.25) is 0 Å². The number of hydrogen-bond donors (Lipinski definition) is 0. The van der Waals surface area contributed by atoms with Gasteiger partial charge < -0.3 is 9.53 Å². The van der Waals surface area contributed by atoms with Crippen molar-refractivity contribution in [1.82, 2.24) is 0 Å². The van der Waals surface area contributed by atoms with Gasteiger partial charge in [-0.3, -0.25) is 9.59 Å². The number of rotatable bonds is 9. The molecule has 0 aromatic rings. The molecule has 0 bridgehead atoms. The second-order valence-electron chi connectivity index (χ2n) is 3.26. The van der Waals surface area contributed by atoms with Crippen molar-refractivity contribution in [3.8, 4) is 0 Å². The molecule has 4 heteroatoms. The average molecular weight is 214 g/mol. The van der Waals surface area contributed by atoms with Crippen LogP contribution in [0.25, 0.3) is 0 Å². The van der Waals surface area contributed by atoms with Crippen LogP contribution in [0.4, 0.5) is 0 Å². The zero-order chi connectivity index (χ0) is 11.5. The second-order valence-corrected chi connectivity index (χ2v) is 3.26. The van der Waals surface area contributed by atoms with Gasteiger partial charge in [-0.1, -0.05) is 0 Å². The molecule has 15 heavy (non-hydrogen) atoms. The standard InChI is InChI=1S/C11H18O4/c1-2-15-11(14)8-5-7-10(13)6-3-4-9-12/h9H,2-8H2,1H3. The number of ketones is 1. The van der Waals surface area contributed by atoms with E-state index in [2.05, 4.69) is 0 Å². The highest BCUT2D eigenvalue weighted by Crippen LogP contribution is 2.03. The molecule has 0 N–H and O–H groups in total. The summed E-state index contributed by atoms with van der Waals surface area (Å²) < 4.78 is 4.73. The van der Waals surface area contributed by atoms with Crippen LogP contribution in [0.5, 0.6) is 0 Å². The van der Waals surface area contributed by atoms with Crippen LogP contribution in [0.2, 0.25) is 0 Å². The molecule has 4 nitrogen and oxygen atoms in total. The Labute approximate surface area is 90.0 Å². The quantitative estimate of drug-likeness (QED) is 0.332. The lowest BCUT2D eigenvalue weighted by Crippen LogP contribution is -2.05. The number of unbranched alkanes of at least 4 members (excludes halogenated alkanes) is 1. The van der Waals surface area contributed by atoms with Gasteiger partial charge in [0.1, 0.15) is 12.1 Å². The highest BCUT2D eigenvalue weighted by Gasteiger charge is 2.05. The highest BCUT2D eigenvalue weighted by atomic mass is 16.5. The minimum absolute atomic E-state index is 0.112. The molecule has 0 amide bonds. The lowest BCUT2D eigenvalue weighted by molar-refractivity contribution is -0.143. The van der Waals surface area contributed by atoms with Crippen LogP contribution < -0.4 is 0 Å². The monoisotopic (exact) mass is 214 g/mol. The van der Waals surface area contributed by atoms with Gasteiger partial charge in [-0.2, -0.15) is 0 Å². The largest absolute Gasteiger partial charge is 0.466 e. The Bertz CT molecular complexity index is 211. The lowest BCUT2D eigenvalue weighted by Gasteiger charge is -2.01. The molecular formula is C11H18O4. The fourth-order valence-corrected chi connectivity index (χ4v) is 1.17. The number of Topliss-reactive ketones (excluding diaryl/α,β-unsaturated/α-hetero) is 1. The zero-order valence-electron chi connectivity index (χ0n) is 9.16. The number of ether oxygens (including phenoxy) is 1. The average Bonchev–Trinajstić information content (AvgIpc) is 2.18. The van der Waals surface area contributed by atoms with E-state index in [1.54, 1.807) is 6.92 Å². The molecule has 0 atom stereocenters. The number of aldehydes is 1. The van der Waals surface area contributed by atoms with Crippen LogP contribution in [0.1, 0.15) is 45.4 Å². The van der Waals surface area contributed by atoms with Crippen molar-refractivity contribution in [3.63, 3.8) is 0 Å². The smallest absolute Gasteiger partial charge is 0.305 e. The SMILES string of the molecule is CCOC(=O)CCCC(=O)CCCC=O. The fraction of sp³-hybridized carbons (Fsp3) is 0.727. The molecule has 0 heterocycles. The maximum absolute atomic E-state index is 11.2. The maximum atomic E-state index is 11.2. The van der Waals surface area contributed by atoms with Gasteiger partial charge in [-0.15, -0.1) is 0 Å². The van der Waals surface area contributed by atoms with E-state index in [4.69, 9.17) is 4.74 Å². The summed E-state index contributed by atoms with van der Waals surface area (Å²) in [5.74, 6) is -0.140. The van der Waals surface area contributed by atoms with Crippen LogP contribution >= 0.6 is 0 Å². The molecule has 0 fully saturated rings. The number of hydrogen-bond acceptors (Lipinski definition) is 4. The Hall–Kier alpha value is -1.19. The first kappa shape index (κ1) is 13.8. The molecule has 0 aliphatic carbocycles. The number of carbonyl (C=O) groups is 3. The minimum atomic E-state index is -0.252. The first-order chi connectivity index (χ1) is 7.20. The van der Waals surface area contributed by atoms with Crippen LogP contribution in [0.15, 0.2) is 0 Å². The van der Waals surface area contributed by atoms with Gasteiger partial charge in [0.25, 0.3) is 0 Å². The summed E-state index contributed by atoms with van der Waals surface area (Å²) in [5.41, 5.74) is 0. The van der Waals surface area contributed by atoms with Crippen molar-refractivity contribution < 1.29 is 19.1 Å². The summed E-state index contributed by atoms with van der Waals surface area (Å²) in [5, 5.41) is 0. The van der Waals surface area contributed by atoms with E-state index < -0.39 is 0 Å². The van der Waals surface area contributed by atoms with Crippen molar-refractivity contribution >= 4 is 18.0 Å². The summed E-state index contributed by atoms with van der Waals surface area (Å²) in [6.45, 7) is 2.13. The third kappa shape index (κ3) is 9.12. The third-order valence-electron chi connectivity index (χ3n) is 1.92. The second kappa shape index (κ2) is 9.37. The van der Waals surface area contributed by atoms with E-state index in [0.29, 0.717) is 45.1 Å². The molecule has 0 aromatic carbocycles. The molecule has 0 aromatic heterocycles. The molecular weight excluding hydrogens is 196 g/mol. The van der Waals surface area contributed by atoms with E-state index >= 15 is 0 Å². The molecule has 0 spiro atoms. The van der Waals surface area contributed by atoms with E-state index in [0.717, 1.165) is 6.29 Å². The zero-order valence-corrected chi connectivity index (χ0v) is 9.16. The van der Waals surface area contributed by atoms with Crippen LogP contribution in [-0.2, 0) is 19.1 Å². The fourth-order valence-electron chi connectivity index (χ4n) is 1.17.